The van der Waals surface area contributed by atoms with Gasteiger partial charge in [-0.05, 0) is 107 Å². The normalized spacial score (nSPS) is 15.9. The van der Waals surface area contributed by atoms with Gasteiger partial charge in [-0.1, -0.05) is 42.5 Å². The van der Waals surface area contributed by atoms with Crippen LogP contribution >= 0.6 is 0 Å². The minimum absolute atomic E-state index is 0.194. The van der Waals surface area contributed by atoms with E-state index in [4.69, 9.17) is 0 Å². The minimum Gasteiger partial charge on any atom is -0.478 e. The van der Waals surface area contributed by atoms with Crippen LogP contribution < -0.4 is 0 Å². The lowest BCUT2D eigenvalue weighted by Gasteiger charge is -2.33. The molecule has 3 nitrogen and oxygen atoms in total. The summed E-state index contributed by atoms with van der Waals surface area (Å²) >= 11 is 0. The number of fused-ring (bicyclic) bond motifs is 1. The number of nitrogens with zero attached hydrogens (tertiary/aromatic N) is 1. The Morgan fingerprint density at radius 1 is 0.975 bits per heavy atom. The van der Waals surface area contributed by atoms with Crippen LogP contribution in [0.3, 0.4) is 0 Å². The number of halogens is 4. The number of rotatable bonds is 7. The Labute approximate surface area is 231 Å². The predicted molar refractivity (Wildman–Crippen MR) is 150 cm³/mol. The number of aryl methyl sites for hydroxylation is 2. The number of hydrogen-bond donors (Lipinski definition) is 1. The van der Waals surface area contributed by atoms with E-state index < -0.39 is 17.7 Å². The van der Waals surface area contributed by atoms with Crippen LogP contribution in [-0.4, -0.2) is 42.3 Å². The zero-order valence-electron chi connectivity index (χ0n) is 22.3. The van der Waals surface area contributed by atoms with Gasteiger partial charge in [-0.3, -0.25) is 9.29 Å². The lowest BCUT2D eigenvalue weighted by molar-refractivity contribution is -0.137. The molecule has 0 saturated carbocycles. The number of carboxylic acid groups (broad SMARTS) is 1. The molecule has 1 saturated heterocycles. The fourth-order valence-electron chi connectivity index (χ4n) is 5.69. The fraction of sp³-hybridized carbons (Fsp3) is 0.303. The lowest BCUT2D eigenvalue weighted by atomic mass is 9.85. The van der Waals surface area contributed by atoms with E-state index in [-0.39, 0.29) is 12.2 Å². The van der Waals surface area contributed by atoms with Crippen molar-refractivity contribution >= 4 is 23.2 Å². The van der Waals surface area contributed by atoms with E-state index in [9.17, 15) is 27.5 Å². The number of hydrogen-bond acceptors (Lipinski definition) is 2. The van der Waals surface area contributed by atoms with E-state index in [1.54, 1.807) is 18.2 Å². The number of aromatic carboxylic acids is 1. The van der Waals surface area contributed by atoms with Gasteiger partial charge in [0.05, 0.1) is 17.8 Å². The van der Waals surface area contributed by atoms with Crippen molar-refractivity contribution in [2.45, 2.75) is 38.8 Å². The van der Waals surface area contributed by atoms with E-state index in [1.165, 1.54) is 17.7 Å². The molecule has 40 heavy (non-hydrogen) atoms. The van der Waals surface area contributed by atoms with E-state index in [0.717, 1.165) is 64.7 Å². The summed E-state index contributed by atoms with van der Waals surface area (Å²) in [4.78, 5) is 13.9. The number of likely N-dealkylation sites (tertiary alicyclic amines) is 1. The largest absolute Gasteiger partial charge is 0.478 e. The molecule has 0 amide bonds. The van der Waals surface area contributed by atoms with Crippen LogP contribution in [0.2, 0.25) is 0 Å². The van der Waals surface area contributed by atoms with Crippen molar-refractivity contribution in [3.8, 4) is 0 Å². The summed E-state index contributed by atoms with van der Waals surface area (Å²) < 4.78 is 53.5. The summed E-state index contributed by atoms with van der Waals surface area (Å²) in [5, 5.41) is 9.56. The summed E-state index contributed by atoms with van der Waals surface area (Å²) in [6.07, 6.45) is 0.0932. The standard InChI is InChI=1S/C33H31F4NO2/c1-21-6-12-27(33(35,36)37)18-30(21)29-5-2-4-25-17-26(32(39)40)11-13-28(25)31(29)24-9-7-22(8-10-24)16-23-19-38(20-23)15-3-14-34/h6-13,16-18H,2-5,14-15,19-20H2,1H3,(H,39,40). The highest BCUT2D eigenvalue weighted by molar-refractivity contribution is 6.01. The molecule has 0 atom stereocenters. The molecule has 2 aliphatic rings. The third-order valence-corrected chi connectivity index (χ3v) is 7.72. The maximum Gasteiger partial charge on any atom is 0.416 e. The molecule has 0 bridgehead atoms. The molecule has 1 aliphatic heterocycles. The SMILES string of the molecule is Cc1ccc(C(F)(F)F)cc1C1=C(c2ccc(C=C3CN(CCCF)C3)cc2)c2ccc(C(=O)O)cc2CCC1. The van der Waals surface area contributed by atoms with Gasteiger partial charge >= 0.3 is 12.1 Å². The zero-order valence-corrected chi connectivity index (χ0v) is 22.3. The molecule has 3 aromatic carbocycles. The van der Waals surface area contributed by atoms with Crippen molar-refractivity contribution in [1.82, 2.24) is 4.90 Å². The third-order valence-electron chi connectivity index (χ3n) is 7.72. The fourth-order valence-corrected chi connectivity index (χ4v) is 5.69. The van der Waals surface area contributed by atoms with E-state index >= 15 is 0 Å². The lowest BCUT2D eigenvalue weighted by Crippen LogP contribution is -2.40. The predicted octanol–water partition coefficient (Wildman–Crippen LogP) is 8.07. The van der Waals surface area contributed by atoms with Gasteiger partial charge in [-0.25, -0.2) is 4.79 Å². The Balaban J connectivity index is 1.60. The van der Waals surface area contributed by atoms with Crippen LogP contribution in [0.5, 0.6) is 0 Å². The van der Waals surface area contributed by atoms with Gasteiger partial charge in [0.2, 0.25) is 0 Å². The van der Waals surface area contributed by atoms with Gasteiger partial charge in [0.15, 0.2) is 0 Å². The molecule has 0 aromatic heterocycles. The van der Waals surface area contributed by atoms with E-state index in [2.05, 4.69) is 11.0 Å². The number of carboxylic acids is 1. The summed E-state index contributed by atoms with van der Waals surface area (Å²) in [7, 11) is 0. The zero-order chi connectivity index (χ0) is 28.4. The van der Waals surface area contributed by atoms with Gasteiger partial charge in [0.1, 0.15) is 0 Å². The highest BCUT2D eigenvalue weighted by atomic mass is 19.4. The Hall–Kier alpha value is -3.71. The first-order chi connectivity index (χ1) is 19.1. The molecule has 0 radical (unpaired) electrons. The maximum absolute atomic E-state index is 13.7. The minimum atomic E-state index is -4.46. The molecule has 1 N–H and O–H groups in total. The van der Waals surface area contributed by atoms with Crippen molar-refractivity contribution in [2.75, 3.05) is 26.3 Å². The molecule has 7 heteroatoms. The molecule has 0 spiro atoms. The number of benzene rings is 3. The Morgan fingerprint density at radius 2 is 1.73 bits per heavy atom. The summed E-state index contributed by atoms with van der Waals surface area (Å²) in [5.41, 5.74) is 7.40. The molecule has 3 aromatic rings. The van der Waals surface area contributed by atoms with Gasteiger partial charge in [0, 0.05) is 19.6 Å². The molecular formula is C33H31F4NO2. The highest BCUT2D eigenvalue weighted by Crippen LogP contribution is 2.42. The van der Waals surface area contributed by atoms with Crippen LogP contribution in [0, 0.1) is 6.92 Å². The van der Waals surface area contributed by atoms with Gasteiger partial charge in [0.25, 0.3) is 0 Å². The second-order valence-electron chi connectivity index (χ2n) is 10.6. The van der Waals surface area contributed by atoms with Crippen LogP contribution in [0.25, 0.3) is 17.2 Å². The first-order valence-corrected chi connectivity index (χ1v) is 13.5. The number of carbonyl (C=O) groups is 1. The average Bonchev–Trinajstić information content (AvgIpc) is 3.09. The van der Waals surface area contributed by atoms with Gasteiger partial charge < -0.3 is 5.11 Å². The van der Waals surface area contributed by atoms with Crippen molar-refractivity contribution in [3.05, 3.63) is 111 Å². The van der Waals surface area contributed by atoms with Gasteiger partial charge in [-0.15, -0.1) is 0 Å². The second kappa shape index (κ2) is 11.4. The first kappa shape index (κ1) is 27.8. The maximum atomic E-state index is 13.7. The Bertz CT molecular complexity index is 1480. The highest BCUT2D eigenvalue weighted by Gasteiger charge is 2.32. The second-order valence-corrected chi connectivity index (χ2v) is 10.6. The monoisotopic (exact) mass is 549 g/mol. The van der Waals surface area contributed by atoms with Crippen molar-refractivity contribution in [1.29, 1.82) is 0 Å². The van der Waals surface area contributed by atoms with Crippen molar-refractivity contribution < 1.29 is 27.5 Å². The molecule has 1 heterocycles. The van der Waals surface area contributed by atoms with Crippen LogP contribution in [0.4, 0.5) is 17.6 Å². The molecule has 1 aliphatic carbocycles. The quantitative estimate of drug-likeness (QED) is 0.303. The number of allylic oxidation sites excluding steroid dienone is 1. The van der Waals surface area contributed by atoms with Crippen LogP contribution in [0.15, 0.2) is 66.2 Å². The summed E-state index contributed by atoms with van der Waals surface area (Å²) in [6, 6.07) is 16.9. The average molecular weight is 550 g/mol. The first-order valence-electron chi connectivity index (χ1n) is 13.5. The molecule has 1 fully saturated rings. The van der Waals surface area contributed by atoms with E-state index in [0.29, 0.717) is 31.2 Å². The molecule has 208 valence electrons. The van der Waals surface area contributed by atoms with Crippen molar-refractivity contribution in [3.63, 3.8) is 0 Å². The molecule has 0 unspecified atom stereocenters. The van der Waals surface area contributed by atoms with Crippen molar-refractivity contribution in [2.24, 2.45) is 0 Å². The van der Waals surface area contributed by atoms with Crippen LogP contribution in [-0.2, 0) is 12.6 Å². The molecular weight excluding hydrogens is 518 g/mol. The summed E-state index contributed by atoms with van der Waals surface area (Å²) in [5.74, 6) is -1.01. The molecule has 5 rings (SSSR count). The third kappa shape index (κ3) is 5.89. The topological polar surface area (TPSA) is 40.5 Å². The summed E-state index contributed by atoms with van der Waals surface area (Å²) in [6.45, 7) is 3.91. The van der Waals surface area contributed by atoms with Crippen LogP contribution in [0.1, 0.15) is 68.6 Å². The Kier molecular flexibility index (Phi) is 7.95. The Morgan fingerprint density at radius 3 is 2.40 bits per heavy atom. The smallest absolute Gasteiger partial charge is 0.416 e. The van der Waals surface area contributed by atoms with E-state index in [1.807, 2.05) is 31.2 Å². The van der Waals surface area contributed by atoms with Gasteiger partial charge in [-0.2, -0.15) is 13.2 Å². The number of alkyl halides is 4.